The summed E-state index contributed by atoms with van der Waals surface area (Å²) in [6, 6.07) is 5.63. The van der Waals surface area contributed by atoms with Crippen molar-refractivity contribution in [3.63, 3.8) is 0 Å². The molecular formula is C28H40N8O3. The van der Waals surface area contributed by atoms with Crippen LogP contribution in [0.1, 0.15) is 58.1 Å². The predicted molar refractivity (Wildman–Crippen MR) is 156 cm³/mol. The number of unbranched alkanes of at least 4 members (excludes halogenated alkanes) is 1. The Balaban J connectivity index is 1.92. The maximum absolute atomic E-state index is 12.1. The molecule has 0 aliphatic heterocycles. The third-order valence-corrected chi connectivity index (χ3v) is 5.17. The number of hydrogen-bond acceptors (Lipinski definition) is 9. The fraction of sp³-hybridized carbons (Fsp3) is 0.464. The zero-order chi connectivity index (χ0) is 28.8. The maximum Gasteiger partial charge on any atom is 0.410 e. The quantitative estimate of drug-likeness (QED) is 0.154. The molecule has 0 saturated carbocycles. The molecule has 2 aromatic rings. The van der Waals surface area contributed by atoms with E-state index in [1.165, 1.54) is 18.2 Å². The van der Waals surface area contributed by atoms with Crippen molar-refractivity contribution in [2.75, 3.05) is 49.7 Å². The van der Waals surface area contributed by atoms with Crippen LogP contribution in [-0.4, -0.2) is 72.4 Å². The van der Waals surface area contributed by atoms with Crippen LogP contribution in [0.4, 0.5) is 27.9 Å². The van der Waals surface area contributed by atoms with Crippen LogP contribution in [0.2, 0.25) is 0 Å². The predicted octanol–water partition coefficient (Wildman–Crippen LogP) is 4.20. The molecule has 1 aromatic heterocycles. The molecular weight excluding hydrogens is 496 g/mol. The Hall–Kier alpha value is -4.33. The van der Waals surface area contributed by atoms with Crippen molar-refractivity contribution in [2.45, 2.75) is 52.6 Å². The van der Waals surface area contributed by atoms with E-state index in [0.29, 0.717) is 36.7 Å². The number of aromatic nitrogens is 2. The van der Waals surface area contributed by atoms with Gasteiger partial charge in [0.05, 0.1) is 11.8 Å². The zero-order valence-electron chi connectivity index (χ0n) is 23.7. The van der Waals surface area contributed by atoms with Crippen LogP contribution in [0.15, 0.2) is 24.4 Å². The number of carbonyl (C=O) groups is 2. The third kappa shape index (κ3) is 10.9. The van der Waals surface area contributed by atoms with Gasteiger partial charge < -0.3 is 36.3 Å². The summed E-state index contributed by atoms with van der Waals surface area (Å²) >= 11 is 0. The third-order valence-electron chi connectivity index (χ3n) is 5.17. The number of hydrogen-bond donors (Lipinski definition) is 5. The van der Waals surface area contributed by atoms with Gasteiger partial charge in [-0.1, -0.05) is 18.8 Å². The molecule has 11 heteroatoms. The fourth-order valence-corrected chi connectivity index (χ4v) is 3.27. The van der Waals surface area contributed by atoms with Gasteiger partial charge in [0, 0.05) is 56.8 Å². The monoisotopic (exact) mass is 536 g/mol. The van der Waals surface area contributed by atoms with E-state index in [1.807, 2.05) is 25.2 Å². The average Bonchev–Trinajstić information content (AvgIpc) is 2.89. The molecule has 0 aliphatic carbocycles. The lowest BCUT2D eigenvalue weighted by molar-refractivity contribution is -0.122. The van der Waals surface area contributed by atoms with Crippen molar-refractivity contribution in [3.8, 4) is 11.8 Å². The first kappa shape index (κ1) is 30.9. The molecule has 39 heavy (non-hydrogen) atoms. The highest BCUT2D eigenvalue weighted by Crippen LogP contribution is 2.22. The number of nitrogens with one attached hydrogen (secondary N) is 5. The molecule has 1 heterocycles. The molecule has 0 radical (unpaired) electrons. The summed E-state index contributed by atoms with van der Waals surface area (Å²) < 4.78 is 5.25. The van der Waals surface area contributed by atoms with E-state index in [2.05, 4.69) is 50.0 Å². The molecule has 210 valence electrons. The summed E-state index contributed by atoms with van der Waals surface area (Å²) in [6.45, 7) is 8.51. The van der Waals surface area contributed by atoms with Crippen LogP contribution in [0.3, 0.4) is 0 Å². The lowest BCUT2D eigenvalue weighted by Crippen LogP contribution is -2.41. The highest BCUT2D eigenvalue weighted by Gasteiger charge is 2.20. The van der Waals surface area contributed by atoms with Gasteiger partial charge in [0.2, 0.25) is 11.9 Å². The highest BCUT2D eigenvalue weighted by atomic mass is 16.6. The second-order valence-corrected chi connectivity index (χ2v) is 9.80. The molecule has 5 N–H and O–H groups in total. The minimum Gasteiger partial charge on any atom is -0.444 e. The highest BCUT2D eigenvalue weighted by molar-refractivity contribution is 5.88. The second-order valence-electron chi connectivity index (χ2n) is 9.80. The van der Waals surface area contributed by atoms with Crippen molar-refractivity contribution in [2.24, 2.45) is 0 Å². The Morgan fingerprint density at radius 3 is 2.67 bits per heavy atom. The first-order valence-corrected chi connectivity index (χ1v) is 13.0. The van der Waals surface area contributed by atoms with Crippen molar-refractivity contribution in [3.05, 3.63) is 35.5 Å². The first-order valence-electron chi connectivity index (χ1n) is 13.0. The van der Waals surface area contributed by atoms with Gasteiger partial charge in [-0.25, -0.2) is 9.78 Å². The van der Waals surface area contributed by atoms with Crippen molar-refractivity contribution < 1.29 is 14.3 Å². The zero-order valence-corrected chi connectivity index (χ0v) is 23.7. The van der Waals surface area contributed by atoms with Gasteiger partial charge in [-0.3, -0.25) is 4.79 Å². The molecule has 0 atom stereocenters. The number of ether oxygens (including phenoxy) is 1. The van der Waals surface area contributed by atoms with Gasteiger partial charge in [0.1, 0.15) is 18.0 Å². The summed E-state index contributed by atoms with van der Waals surface area (Å²) in [5.41, 5.74) is 2.45. The Morgan fingerprint density at radius 1 is 1.23 bits per heavy atom. The van der Waals surface area contributed by atoms with Gasteiger partial charge >= 0.3 is 6.09 Å². The van der Waals surface area contributed by atoms with Crippen LogP contribution in [-0.2, 0) is 9.53 Å². The molecule has 0 fully saturated rings. The number of benzene rings is 1. The van der Waals surface area contributed by atoms with Crippen LogP contribution < -0.4 is 21.3 Å². The number of nitrogens with zero attached hydrogens (tertiary/aromatic N) is 3. The minimum absolute atomic E-state index is 0.0763. The van der Waals surface area contributed by atoms with Crippen molar-refractivity contribution in [1.82, 2.24) is 20.2 Å². The van der Waals surface area contributed by atoms with Crippen molar-refractivity contribution >= 4 is 41.4 Å². The number of anilines is 4. The Bertz CT molecular complexity index is 1200. The standard InChI is InChI=1S/C28H40N8O3/c1-7-14-32-25-20(18-33-26(35-25)34-22-12-13-23(30-5)21(16-22)17-29)11-9-8-10-15-31-24(37)19-36(6)27(38)39-28(2,3)4/h12-13,16-18,29-30H,7-8,10,14-15,19H2,1-6H3,(H,31,37)(H2,32,33,34,35). The maximum atomic E-state index is 12.1. The Morgan fingerprint density at radius 2 is 2.00 bits per heavy atom. The van der Waals surface area contributed by atoms with E-state index in [0.717, 1.165) is 29.9 Å². The molecule has 2 rings (SSSR count). The Kier molecular flexibility index (Phi) is 12.0. The number of likely N-dealkylation sites (N-methyl/N-ethyl adjacent to an activating group) is 1. The molecule has 1 aromatic carbocycles. The van der Waals surface area contributed by atoms with Crippen LogP contribution in [0, 0.1) is 17.3 Å². The number of amides is 2. The van der Waals surface area contributed by atoms with E-state index in [4.69, 9.17) is 10.1 Å². The van der Waals surface area contributed by atoms with E-state index in [-0.39, 0.29) is 12.5 Å². The van der Waals surface area contributed by atoms with Gasteiger partial charge in [0.15, 0.2) is 0 Å². The van der Waals surface area contributed by atoms with Gasteiger partial charge in [-0.2, -0.15) is 4.98 Å². The summed E-state index contributed by atoms with van der Waals surface area (Å²) in [6.07, 6.45) is 4.58. The van der Waals surface area contributed by atoms with E-state index >= 15 is 0 Å². The summed E-state index contributed by atoms with van der Waals surface area (Å²) in [5.74, 6) is 7.04. The smallest absolute Gasteiger partial charge is 0.410 e. The minimum atomic E-state index is -0.613. The second kappa shape index (κ2) is 15.2. The Labute approximate surface area is 231 Å². The average molecular weight is 537 g/mol. The van der Waals surface area contributed by atoms with E-state index < -0.39 is 11.7 Å². The molecule has 11 nitrogen and oxygen atoms in total. The summed E-state index contributed by atoms with van der Waals surface area (Å²) in [5, 5.41) is 19.9. The lowest BCUT2D eigenvalue weighted by atomic mass is 10.1. The molecule has 0 bridgehead atoms. The molecule has 0 aliphatic rings. The van der Waals surface area contributed by atoms with Gasteiger partial charge in [-0.15, -0.1) is 0 Å². The SMILES string of the molecule is CCCNc1nc(Nc2ccc(NC)c(C=N)c2)ncc1C#CCCCNC(=O)CN(C)C(=O)OC(C)(C)C. The van der Waals surface area contributed by atoms with Crippen LogP contribution >= 0.6 is 0 Å². The number of rotatable bonds is 12. The molecule has 0 saturated heterocycles. The number of carbonyl (C=O) groups excluding carboxylic acids is 2. The summed E-state index contributed by atoms with van der Waals surface area (Å²) in [7, 11) is 3.34. The lowest BCUT2D eigenvalue weighted by Gasteiger charge is -2.24. The van der Waals surface area contributed by atoms with Crippen LogP contribution in [0.25, 0.3) is 0 Å². The fourth-order valence-electron chi connectivity index (χ4n) is 3.27. The van der Waals surface area contributed by atoms with Crippen LogP contribution in [0.5, 0.6) is 0 Å². The molecule has 0 spiro atoms. The van der Waals surface area contributed by atoms with E-state index in [1.54, 1.807) is 27.0 Å². The van der Waals surface area contributed by atoms with Gasteiger partial charge in [0.25, 0.3) is 0 Å². The van der Waals surface area contributed by atoms with Gasteiger partial charge in [-0.05, 0) is 51.8 Å². The van der Waals surface area contributed by atoms with E-state index in [9.17, 15) is 9.59 Å². The molecule has 2 amide bonds. The largest absolute Gasteiger partial charge is 0.444 e. The topological polar surface area (TPSA) is 144 Å². The van der Waals surface area contributed by atoms with Crippen molar-refractivity contribution in [1.29, 1.82) is 5.41 Å². The summed E-state index contributed by atoms with van der Waals surface area (Å²) in [4.78, 5) is 34.3. The normalized spacial score (nSPS) is 10.5. The first-order chi connectivity index (χ1) is 18.6. The molecule has 0 unspecified atom stereocenters.